The van der Waals surface area contributed by atoms with E-state index >= 15 is 0 Å². The summed E-state index contributed by atoms with van der Waals surface area (Å²) in [5, 5.41) is 8.97. The minimum Gasteiger partial charge on any atom is -0.368 e. The maximum atomic E-state index is 12.8. The molecular formula is C15H25F3IN5. The van der Waals surface area contributed by atoms with Crippen molar-refractivity contribution in [3.63, 3.8) is 0 Å². The van der Waals surface area contributed by atoms with Crippen molar-refractivity contribution < 1.29 is 13.2 Å². The Morgan fingerprint density at radius 3 is 2.46 bits per heavy atom. The molecule has 0 spiro atoms. The van der Waals surface area contributed by atoms with Gasteiger partial charge in [-0.05, 0) is 25.0 Å². The minimum atomic E-state index is -4.42. The summed E-state index contributed by atoms with van der Waals surface area (Å²) < 4.78 is 38.5. The average Bonchev–Trinajstić information content (AvgIpc) is 2.49. The molecule has 1 atom stereocenters. The van der Waals surface area contributed by atoms with E-state index in [4.69, 9.17) is 0 Å². The molecule has 5 nitrogen and oxygen atoms in total. The fourth-order valence-electron chi connectivity index (χ4n) is 1.71. The lowest BCUT2D eigenvalue weighted by Gasteiger charge is -2.21. The van der Waals surface area contributed by atoms with E-state index in [1.165, 1.54) is 12.3 Å². The van der Waals surface area contributed by atoms with Crippen LogP contribution in [-0.2, 0) is 6.18 Å². The fourth-order valence-corrected chi connectivity index (χ4v) is 1.71. The molecule has 0 aliphatic rings. The summed E-state index contributed by atoms with van der Waals surface area (Å²) in [4.78, 5) is 7.83. The number of aliphatic imine (C=N–C) groups is 1. The molecule has 9 heteroatoms. The first-order valence-corrected chi connectivity index (χ1v) is 7.49. The highest BCUT2D eigenvalue weighted by molar-refractivity contribution is 14.0. The zero-order valence-corrected chi connectivity index (χ0v) is 16.6. The number of nitrogens with one attached hydrogen (secondary N) is 3. The maximum absolute atomic E-state index is 12.8. The van der Waals surface area contributed by atoms with Crippen LogP contribution in [0.4, 0.5) is 19.0 Å². The van der Waals surface area contributed by atoms with Crippen molar-refractivity contribution in [3.8, 4) is 0 Å². The molecule has 1 aromatic rings. The van der Waals surface area contributed by atoms with Crippen molar-refractivity contribution in [2.75, 3.05) is 25.5 Å². The second-order valence-electron chi connectivity index (χ2n) is 5.50. The molecule has 24 heavy (non-hydrogen) atoms. The number of rotatable bonds is 6. The van der Waals surface area contributed by atoms with Crippen LogP contribution in [0.3, 0.4) is 0 Å². The first-order chi connectivity index (χ1) is 10.8. The van der Waals surface area contributed by atoms with Gasteiger partial charge in [-0.2, -0.15) is 13.2 Å². The Labute approximate surface area is 157 Å². The van der Waals surface area contributed by atoms with Crippen LogP contribution in [0.25, 0.3) is 0 Å². The lowest BCUT2D eigenvalue weighted by atomic mass is 10.1. The van der Waals surface area contributed by atoms with E-state index in [0.717, 1.165) is 6.07 Å². The molecule has 0 radical (unpaired) electrons. The number of nitrogens with zero attached hydrogens (tertiary/aromatic N) is 2. The summed E-state index contributed by atoms with van der Waals surface area (Å²) in [6, 6.07) is 2.51. The molecule has 1 aromatic heterocycles. The van der Waals surface area contributed by atoms with Crippen molar-refractivity contribution in [1.82, 2.24) is 15.6 Å². The zero-order chi connectivity index (χ0) is 17.5. The summed E-state index contributed by atoms with van der Waals surface area (Å²) in [6.45, 7) is 6.92. The standard InChI is InChI=1S/C15H24F3N5.HI/c1-10(2)11(3)23-14(19-4)22-9-8-21-13-12(15(16,17)18)6-5-7-20-13;/h5-7,10-11H,8-9H2,1-4H3,(H,20,21)(H2,19,22,23);1H. The second kappa shape index (κ2) is 10.6. The third kappa shape index (κ3) is 7.54. The molecule has 0 saturated heterocycles. The predicted molar refractivity (Wildman–Crippen MR) is 102 cm³/mol. The number of halogens is 4. The van der Waals surface area contributed by atoms with Gasteiger partial charge in [-0.25, -0.2) is 4.98 Å². The van der Waals surface area contributed by atoms with Crippen LogP contribution in [0.2, 0.25) is 0 Å². The van der Waals surface area contributed by atoms with Gasteiger partial charge in [-0.1, -0.05) is 13.8 Å². The third-order valence-corrected chi connectivity index (χ3v) is 3.41. The molecule has 0 aliphatic heterocycles. The van der Waals surface area contributed by atoms with Crippen LogP contribution in [-0.4, -0.2) is 37.1 Å². The molecular weight excluding hydrogens is 434 g/mol. The topological polar surface area (TPSA) is 61.3 Å². The number of anilines is 1. The van der Waals surface area contributed by atoms with Gasteiger partial charge in [-0.15, -0.1) is 24.0 Å². The molecule has 3 N–H and O–H groups in total. The summed E-state index contributed by atoms with van der Waals surface area (Å²) in [5.41, 5.74) is -0.768. The molecule has 138 valence electrons. The highest BCUT2D eigenvalue weighted by Crippen LogP contribution is 2.33. The second-order valence-corrected chi connectivity index (χ2v) is 5.50. The molecule has 0 aromatic carbocycles. The van der Waals surface area contributed by atoms with E-state index in [9.17, 15) is 13.2 Å². The van der Waals surface area contributed by atoms with Crippen molar-refractivity contribution >= 4 is 35.8 Å². The molecule has 0 bridgehead atoms. The van der Waals surface area contributed by atoms with Gasteiger partial charge in [0.25, 0.3) is 0 Å². The van der Waals surface area contributed by atoms with Gasteiger partial charge < -0.3 is 16.0 Å². The highest BCUT2D eigenvalue weighted by Gasteiger charge is 2.33. The molecule has 0 fully saturated rings. The SMILES string of the molecule is CN=C(NCCNc1ncccc1C(F)(F)F)NC(C)C(C)C.I. The minimum absolute atomic E-state index is 0. The Bertz CT molecular complexity index is 520. The van der Waals surface area contributed by atoms with Crippen LogP contribution in [0.15, 0.2) is 23.3 Å². The number of hydrogen-bond acceptors (Lipinski definition) is 3. The van der Waals surface area contributed by atoms with Gasteiger partial charge in [0.05, 0.1) is 5.56 Å². The van der Waals surface area contributed by atoms with E-state index < -0.39 is 11.7 Å². The maximum Gasteiger partial charge on any atom is 0.419 e. The quantitative estimate of drug-likeness (QED) is 0.265. The molecule has 0 aliphatic carbocycles. The van der Waals surface area contributed by atoms with Gasteiger partial charge in [0.15, 0.2) is 5.96 Å². The first kappa shape index (κ1) is 22.7. The van der Waals surface area contributed by atoms with Crippen molar-refractivity contribution in [2.24, 2.45) is 10.9 Å². The van der Waals surface area contributed by atoms with Crippen LogP contribution in [0.5, 0.6) is 0 Å². The van der Waals surface area contributed by atoms with Crippen LogP contribution < -0.4 is 16.0 Å². The Morgan fingerprint density at radius 2 is 1.92 bits per heavy atom. The van der Waals surface area contributed by atoms with Crippen LogP contribution in [0.1, 0.15) is 26.3 Å². The predicted octanol–water partition coefficient (Wildman–Crippen LogP) is 3.34. The summed E-state index contributed by atoms with van der Waals surface area (Å²) >= 11 is 0. The van der Waals surface area contributed by atoms with Gasteiger partial charge in [-0.3, -0.25) is 4.99 Å². The zero-order valence-electron chi connectivity index (χ0n) is 14.2. The first-order valence-electron chi connectivity index (χ1n) is 7.49. The third-order valence-electron chi connectivity index (χ3n) is 3.41. The summed E-state index contributed by atoms with van der Waals surface area (Å²) in [6.07, 6.45) is -3.09. The number of pyridine rings is 1. The summed E-state index contributed by atoms with van der Waals surface area (Å²) in [7, 11) is 1.65. The summed E-state index contributed by atoms with van der Waals surface area (Å²) in [5.74, 6) is 0.889. The van der Waals surface area contributed by atoms with Gasteiger partial charge in [0, 0.05) is 32.4 Å². The Balaban J connectivity index is 0.00000529. The van der Waals surface area contributed by atoms with E-state index in [0.29, 0.717) is 18.4 Å². The van der Waals surface area contributed by atoms with Gasteiger partial charge in [0.2, 0.25) is 0 Å². The molecule has 1 unspecified atom stereocenters. The van der Waals surface area contributed by atoms with Crippen LogP contribution >= 0.6 is 24.0 Å². The van der Waals surface area contributed by atoms with Gasteiger partial charge in [0.1, 0.15) is 5.82 Å². The van der Waals surface area contributed by atoms with E-state index in [1.807, 2.05) is 6.92 Å². The van der Waals surface area contributed by atoms with Crippen molar-refractivity contribution in [2.45, 2.75) is 33.0 Å². The van der Waals surface area contributed by atoms with Crippen molar-refractivity contribution in [1.29, 1.82) is 0 Å². The van der Waals surface area contributed by atoms with Gasteiger partial charge >= 0.3 is 6.18 Å². The van der Waals surface area contributed by atoms with E-state index in [2.05, 4.69) is 39.8 Å². The molecule has 1 heterocycles. The Hall–Kier alpha value is -1.26. The lowest BCUT2D eigenvalue weighted by Crippen LogP contribution is -2.45. The molecule has 0 amide bonds. The number of hydrogen-bond donors (Lipinski definition) is 3. The largest absolute Gasteiger partial charge is 0.419 e. The number of alkyl halides is 3. The van der Waals surface area contributed by atoms with Crippen LogP contribution in [0, 0.1) is 5.92 Å². The molecule has 0 saturated carbocycles. The smallest absolute Gasteiger partial charge is 0.368 e. The number of guanidine groups is 1. The fraction of sp³-hybridized carbons (Fsp3) is 0.600. The monoisotopic (exact) mass is 459 g/mol. The average molecular weight is 459 g/mol. The lowest BCUT2D eigenvalue weighted by molar-refractivity contribution is -0.137. The Morgan fingerprint density at radius 1 is 1.25 bits per heavy atom. The highest BCUT2D eigenvalue weighted by atomic mass is 127. The van der Waals surface area contributed by atoms with E-state index in [1.54, 1.807) is 7.05 Å². The number of aromatic nitrogens is 1. The normalized spacial score (nSPS) is 13.2. The van der Waals surface area contributed by atoms with Crippen molar-refractivity contribution in [3.05, 3.63) is 23.9 Å². The molecule has 1 rings (SSSR count). The Kier molecular flexibility index (Phi) is 10.0. The van der Waals surface area contributed by atoms with E-state index in [-0.39, 0.29) is 42.4 Å².